The Balaban J connectivity index is 1.67. The third-order valence-electron chi connectivity index (χ3n) is 5.52. The van der Waals surface area contributed by atoms with Gasteiger partial charge >= 0.3 is 6.18 Å². The Morgan fingerprint density at radius 1 is 1.36 bits per heavy atom. The Morgan fingerprint density at radius 2 is 2.12 bits per heavy atom. The number of carbonyl (C=O) groups excluding carboxylic acids is 2. The normalized spacial score (nSPS) is 16.5. The van der Waals surface area contributed by atoms with E-state index < -0.39 is 42.3 Å². The molecule has 0 fully saturated rings. The van der Waals surface area contributed by atoms with Crippen LogP contribution in [-0.2, 0) is 17.4 Å². The number of aliphatic hydroxyl groups is 1. The summed E-state index contributed by atoms with van der Waals surface area (Å²) in [6.45, 7) is 0.864. The summed E-state index contributed by atoms with van der Waals surface area (Å²) in [5.41, 5.74) is 5.17. The van der Waals surface area contributed by atoms with Crippen molar-refractivity contribution < 1.29 is 37.0 Å². The van der Waals surface area contributed by atoms with Gasteiger partial charge < -0.3 is 25.3 Å². The summed E-state index contributed by atoms with van der Waals surface area (Å²) in [7, 11) is 0. The van der Waals surface area contributed by atoms with E-state index in [0.29, 0.717) is 29.5 Å². The quantitative estimate of drug-likeness (QED) is 0.516. The fourth-order valence-electron chi connectivity index (χ4n) is 4.01. The van der Waals surface area contributed by atoms with E-state index in [1.54, 1.807) is 6.92 Å². The summed E-state index contributed by atoms with van der Waals surface area (Å²) in [6, 6.07) is 4.21. The maximum Gasteiger partial charge on any atom is 0.416 e. The highest BCUT2D eigenvalue weighted by atomic mass is 19.4. The molecular weight excluding hydrogens is 443 g/mol. The lowest BCUT2D eigenvalue weighted by Gasteiger charge is -2.19. The largest absolute Gasteiger partial charge is 0.486 e. The van der Waals surface area contributed by atoms with Gasteiger partial charge in [-0.05, 0) is 44.0 Å². The SMILES string of the molecule is Cc1oc2ccc(OC3CCc4nccc(C(F)(F)F)c43)cc2c1C(=O)N[C@@H](CO)C(N)=O. The molecule has 2 amide bonds. The predicted molar refractivity (Wildman–Crippen MR) is 109 cm³/mol. The van der Waals surface area contributed by atoms with Crippen LogP contribution in [0.15, 0.2) is 34.9 Å². The number of nitrogens with one attached hydrogen (secondary N) is 1. The van der Waals surface area contributed by atoms with Crippen LogP contribution in [-0.4, -0.2) is 34.6 Å². The molecule has 0 aliphatic heterocycles. The predicted octanol–water partition coefficient (Wildman–Crippen LogP) is 2.80. The number of aryl methyl sites for hydroxylation is 2. The summed E-state index contributed by atoms with van der Waals surface area (Å²) in [4.78, 5) is 28.1. The minimum Gasteiger partial charge on any atom is -0.486 e. The molecule has 8 nitrogen and oxygen atoms in total. The number of aliphatic hydroxyl groups excluding tert-OH is 1. The van der Waals surface area contributed by atoms with Crippen LogP contribution < -0.4 is 15.8 Å². The monoisotopic (exact) mass is 463 g/mol. The zero-order chi connectivity index (χ0) is 23.9. The second kappa shape index (κ2) is 8.39. The van der Waals surface area contributed by atoms with Crippen molar-refractivity contribution in [1.29, 1.82) is 0 Å². The van der Waals surface area contributed by atoms with Crippen molar-refractivity contribution >= 4 is 22.8 Å². The van der Waals surface area contributed by atoms with Crippen LogP contribution in [0.3, 0.4) is 0 Å². The van der Waals surface area contributed by atoms with Gasteiger partial charge in [0.25, 0.3) is 5.91 Å². The van der Waals surface area contributed by atoms with Crippen molar-refractivity contribution in [3.05, 3.63) is 58.6 Å². The molecule has 0 bridgehead atoms. The third-order valence-corrected chi connectivity index (χ3v) is 5.52. The first-order valence-corrected chi connectivity index (χ1v) is 10.1. The first-order valence-electron chi connectivity index (χ1n) is 10.1. The van der Waals surface area contributed by atoms with E-state index in [4.69, 9.17) is 14.9 Å². The van der Waals surface area contributed by atoms with Gasteiger partial charge in [0.2, 0.25) is 5.91 Å². The Morgan fingerprint density at radius 3 is 2.79 bits per heavy atom. The second-order valence-electron chi connectivity index (χ2n) is 7.66. The third kappa shape index (κ3) is 4.23. The van der Waals surface area contributed by atoms with Crippen molar-refractivity contribution in [2.24, 2.45) is 5.73 Å². The van der Waals surface area contributed by atoms with Gasteiger partial charge in [-0.25, -0.2) is 0 Å². The standard InChI is InChI=1S/C22H20F3N3O5/c1-10-18(21(31)28-15(9-29)20(26)30)12-8-11(2-4-16(12)32-10)33-17-5-3-14-19(17)13(6-7-27-14)22(23,24)25/h2,4,6-8,15,17,29H,3,5,9H2,1H3,(H2,26,30)(H,28,31)/t15-,17?/m0/s1. The number of alkyl halides is 3. The van der Waals surface area contributed by atoms with E-state index in [9.17, 15) is 27.9 Å². The highest BCUT2D eigenvalue weighted by Crippen LogP contribution is 2.43. The molecule has 3 aromatic rings. The topological polar surface area (TPSA) is 128 Å². The lowest BCUT2D eigenvalue weighted by molar-refractivity contribution is -0.139. The van der Waals surface area contributed by atoms with Crippen LogP contribution in [0, 0.1) is 6.92 Å². The van der Waals surface area contributed by atoms with Gasteiger partial charge in [0.15, 0.2) is 0 Å². The van der Waals surface area contributed by atoms with E-state index in [1.165, 1.54) is 18.2 Å². The summed E-state index contributed by atoms with van der Waals surface area (Å²) < 4.78 is 52.0. The molecule has 4 N–H and O–H groups in total. The number of carbonyl (C=O) groups is 2. The first-order chi connectivity index (χ1) is 15.6. The van der Waals surface area contributed by atoms with E-state index >= 15 is 0 Å². The Labute approximate surface area is 185 Å². The lowest BCUT2D eigenvalue weighted by Crippen LogP contribution is -2.46. The van der Waals surface area contributed by atoms with Gasteiger partial charge in [-0.3, -0.25) is 14.6 Å². The van der Waals surface area contributed by atoms with Crippen molar-refractivity contribution in [1.82, 2.24) is 10.3 Å². The maximum absolute atomic E-state index is 13.5. The minimum absolute atomic E-state index is 0.0127. The number of pyridine rings is 1. The molecule has 11 heteroatoms. The smallest absolute Gasteiger partial charge is 0.416 e. The molecule has 2 atom stereocenters. The number of fused-ring (bicyclic) bond motifs is 2. The molecular formula is C22H20F3N3O5. The summed E-state index contributed by atoms with van der Waals surface area (Å²) in [5, 5.41) is 11.9. The molecule has 33 heavy (non-hydrogen) atoms. The molecule has 2 aromatic heterocycles. The number of hydrogen-bond acceptors (Lipinski definition) is 6. The van der Waals surface area contributed by atoms with Crippen molar-refractivity contribution in [2.45, 2.75) is 38.1 Å². The second-order valence-corrected chi connectivity index (χ2v) is 7.66. The number of amides is 2. The summed E-state index contributed by atoms with van der Waals surface area (Å²) >= 11 is 0. The summed E-state index contributed by atoms with van der Waals surface area (Å²) in [5.74, 6) is -1.12. The average molecular weight is 463 g/mol. The van der Waals surface area contributed by atoms with E-state index in [-0.39, 0.29) is 22.6 Å². The van der Waals surface area contributed by atoms with Crippen LogP contribution >= 0.6 is 0 Å². The van der Waals surface area contributed by atoms with Gasteiger partial charge in [-0.1, -0.05) is 0 Å². The van der Waals surface area contributed by atoms with Gasteiger partial charge in [0, 0.05) is 22.8 Å². The first kappa shape index (κ1) is 22.6. The summed E-state index contributed by atoms with van der Waals surface area (Å²) in [6.07, 6.45) is -3.59. The van der Waals surface area contributed by atoms with Gasteiger partial charge in [-0.2, -0.15) is 13.2 Å². The Kier molecular flexibility index (Phi) is 5.75. The number of rotatable bonds is 6. The van der Waals surface area contributed by atoms with Crippen LogP contribution in [0.1, 0.15) is 45.5 Å². The van der Waals surface area contributed by atoms with E-state index in [1.807, 2.05) is 0 Å². The van der Waals surface area contributed by atoms with Crippen molar-refractivity contribution in [3.63, 3.8) is 0 Å². The number of nitrogens with zero attached hydrogens (tertiary/aromatic N) is 1. The number of furan rings is 1. The number of nitrogens with two attached hydrogens (primary N) is 1. The molecule has 4 rings (SSSR count). The minimum atomic E-state index is -4.54. The molecule has 1 aromatic carbocycles. The van der Waals surface area contributed by atoms with Crippen LogP contribution in [0.25, 0.3) is 11.0 Å². The molecule has 1 aliphatic rings. The van der Waals surface area contributed by atoms with Gasteiger partial charge in [0.05, 0.1) is 17.7 Å². The Hall–Kier alpha value is -3.60. The number of primary amides is 1. The molecule has 0 saturated carbocycles. The molecule has 1 unspecified atom stereocenters. The fraction of sp³-hybridized carbons (Fsp3) is 0.318. The maximum atomic E-state index is 13.5. The zero-order valence-electron chi connectivity index (χ0n) is 17.4. The lowest BCUT2D eigenvalue weighted by atomic mass is 10.1. The molecule has 0 spiro atoms. The van der Waals surface area contributed by atoms with Gasteiger partial charge in [0.1, 0.15) is 29.2 Å². The Bertz CT molecular complexity index is 1240. The molecule has 174 valence electrons. The van der Waals surface area contributed by atoms with E-state index in [0.717, 1.165) is 12.3 Å². The van der Waals surface area contributed by atoms with Crippen LogP contribution in [0.2, 0.25) is 0 Å². The number of benzene rings is 1. The molecule has 1 aliphatic carbocycles. The number of ether oxygens (including phenoxy) is 1. The van der Waals surface area contributed by atoms with E-state index in [2.05, 4.69) is 10.3 Å². The van der Waals surface area contributed by atoms with Crippen LogP contribution in [0.5, 0.6) is 5.75 Å². The highest BCUT2D eigenvalue weighted by Gasteiger charge is 2.40. The number of halogens is 3. The van der Waals surface area contributed by atoms with Gasteiger partial charge in [-0.15, -0.1) is 0 Å². The van der Waals surface area contributed by atoms with Crippen LogP contribution in [0.4, 0.5) is 13.2 Å². The molecule has 0 radical (unpaired) electrons. The molecule has 2 heterocycles. The zero-order valence-corrected chi connectivity index (χ0v) is 17.4. The number of aromatic nitrogens is 1. The highest BCUT2D eigenvalue weighted by molar-refractivity contribution is 6.08. The fourth-order valence-corrected chi connectivity index (χ4v) is 4.01. The average Bonchev–Trinajstić information content (AvgIpc) is 3.30. The van der Waals surface area contributed by atoms with Crippen molar-refractivity contribution in [2.75, 3.05) is 6.61 Å². The number of hydrogen-bond donors (Lipinski definition) is 3. The molecule has 0 saturated heterocycles. The van der Waals surface area contributed by atoms with Crippen molar-refractivity contribution in [3.8, 4) is 5.75 Å².